The lowest BCUT2D eigenvalue weighted by atomic mass is 10.1. The Hall–Kier alpha value is -2.14. The van der Waals surface area contributed by atoms with Crippen molar-refractivity contribution in [3.63, 3.8) is 0 Å². The molecular formula is C18H23N3O2. The van der Waals surface area contributed by atoms with E-state index in [1.165, 1.54) is 0 Å². The fraction of sp³-hybridized carbons (Fsp3) is 0.444. The van der Waals surface area contributed by atoms with E-state index in [9.17, 15) is 4.79 Å². The molecule has 2 aromatic heterocycles. The standard InChI is InChI=1S/C18H23N3O2/c1-2-9-21-13-15(14-5-7-19-8-6-14)11-17(21)18(22)20-12-16-4-3-10-23-16/h5-8,11,13,16H,2-4,9-10,12H2,1H3,(H,20,22)/t16-/m1/s1. The Morgan fingerprint density at radius 2 is 2.22 bits per heavy atom. The highest BCUT2D eigenvalue weighted by atomic mass is 16.5. The summed E-state index contributed by atoms with van der Waals surface area (Å²) in [4.78, 5) is 16.6. The second-order valence-electron chi connectivity index (χ2n) is 5.89. The summed E-state index contributed by atoms with van der Waals surface area (Å²) >= 11 is 0. The van der Waals surface area contributed by atoms with Crippen LogP contribution in [0.4, 0.5) is 0 Å². The minimum Gasteiger partial charge on any atom is -0.376 e. The monoisotopic (exact) mass is 313 g/mol. The molecule has 0 bridgehead atoms. The lowest BCUT2D eigenvalue weighted by Gasteiger charge is -2.12. The first-order chi connectivity index (χ1) is 11.3. The zero-order valence-corrected chi connectivity index (χ0v) is 13.5. The molecule has 1 atom stereocenters. The van der Waals surface area contributed by atoms with Gasteiger partial charge in [0.1, 0.15) is 5.69 Å². The minimum absolute atomic E-state index is 0.0331. The van der Waals surface area contributed by atoms with Gasteiger partial charge in [0.15, 0.2) is 0 Å². The molecule has 1 N–H and O–H groups in total. The summed E-state index contributed by atoms with van der Waals surface area (Å²) in [5.41, 5.74) is 2.82. The molecule has 5 heteroatoms. The minimum atomic E-state index is -0.0331. The number of hydrogen-bond acceptors (Lipinski definition) is 3. The largest absolute Gasteiger partial charge is 0.376 e. The first-order valence-corrected chi connectivity index (χ1v) is 8.28. The van der Waals surface area contributed by atoms with E-state index in [0.717, 1.165) is 43.5 Å². The number of nitrogens with zero attached hydrogens (tertiary/aromatic N) is 2. The molecule has 3 heterocycles. The van der Waals surface area contributed by atoms with Crippen molar-refractivity contribution in [2.75, 3.05) is 13.2 Å². The highest BCUT2D eigenvalue weighted by molar-refractivity contribution is 5.94. The van der Waals surface area contributed by atoms with Gasteiger partial charge < -0.3 is 14.6 Å². The molecule has 3 rings (SSSR count). The van der Waals surface area contributed by atoms with Crippen LogP contribution in [0.5, 0.6) is 0 Å². The Bertz CT molecular complexity index is 646. The molecule has 1 aliphatic rings. The summed E-state index contributed by atoms with van der Waals surface area (Å²) in [6.45, 7) is 4.33. The van der Waals surface area contributed by atoms with E-state index >= 15 is 0 Å². The molecule has 2 aromatic rings. The lowest BCUT2D eigenvalue weighted by Crippen LogP contribution is -2.33. The van der Waals surface area contributed by atoms with Crippen LogP contribution in [0.3, 0.4) is 0 Å². The average Bonchev–Trinajstić information content (AvgIpc) is 3.23. The van der Waals surface area contributed by atoms with Crippen molar-refractivity contribution in [1.82, 2.24) is 14.9 Å². The first-order valence-electron chi connectivity index (χ1n) is 8.28. The zero-order valence-electron chi connectivity index (χ0n) is 13.5. The number of nitrogens with one attached hydrogen (secondary N) is 1. The second kappa shape index (κ2) is 7.42. The molecule has 122 valence electrons. The molecule has 0 spiro atoms. The second-order valence-corrected chi connectivity index (χ2v) is 5.89. The van der Waals surface area contributed by atoms with Crippen LogP contribution in [0.25, 0.3) is 11.1 Å². The van der Waals surface area contributed by atoms with Gasteiger partial charge in [-0.1, -0.05) is 6.92 Å². The van der Waals surface area contributed by atoms with Crippen molar-refractivity contribution in [2.45, 2.75) is 38.8 Å². The van der Waals surface area contributed by atoms with Gasteiger partial charge in [0.05, 0.1) is 6.10 Å². The molecule has 1 saturated heterocycles. The fourth-order valence-corrected chi connectivity index (χ4v) is 2.93. The van der Waals surface area contributed by atoms with Crippen LogP contribution in [0.1, 0.15) is 36.7 Å². The molecule has 0 aliphatic carbocycles. The van der Waals surface area contributed by atoms with Gasteiger partial charge in [0, 0.05) is 43.9 Å². The number of rotatable bonds is 6. The van der Waals surface area contributed by atoms with Crippen LogP contribution >= 0.6 is 0 Å². The molecule has 0 saturated carbocycles. The van der Waals surface area contributed by atoms with Crippen LogP contribution in [-0.4, -0.2) is 34.7 Å². The highest BCUT2D eigenvalue weighted by Crippen LogP contribution is 2.22. The third kappa shape index (κ3) is 3.79. The average molecular weight is 313 g/mol. The summed E-state index contributed by atoms with van der Waals surface area (Å²) in [7, 11) is 0. The van der Waals surface area contributed by atoms with Crippen LogP contribution in [0, 0.1) is 0 Å². The maximum Gasteiger partial charge on any atom is 0.268 e. The summed E-state index contributed by atoms with van der Waals surface area (Å²) in [6.07, 6.45) is 8.83. The summed E-state index contributed by atoms with van der Waals surface area (Å²) in [6, 6.07) is 5.87. The third-order valence-corrected chi connectivity index (χ3v) is 4.12. The van der Waals surface area contributed by atoms with E-state index < -0.39 is 0 Å². The van der Waals surface area contributed by atoms with Crippen LogP contribution < -0.4 is 5.32 Å². The van der Waals surface area contributed by atoms with Crippen molar-refractivity contribution in [3.8, 4) is 11.1 Å². The van der Waals surface area contributed by atoms with Gasteiger partial charge in [-0.3, -0.25) is 9.78 Å². The van der Waals surface area contributed by atoms with Gasteiger partial charge in [0.2, 0.25) is 0 Å². The molecule has 5 nitrogen and oxygen atoms in total. The molecule has 0 radical (unpaired) electrons. The Morgan fingerprint density at radius 3 is 2.91 bits per heavy atom. The molecule has 23 heavy (non-hydrogen) atoms. The highest BCUT2D eigenvalue weighted by Gasteiger charge is 2.19. The maximum atomic E-state index is 12.5. The van der Waals surface area contributed by atoms with Crippen molar-refractivity contribution in [2.24, 2.45) is 0 Å². The van der Waals surface area contributed by atoms with Crippen molar-refractivity contribution < 1.29 is 9.53 Å². The number of aromatic nitrogens is 2. The van der Waals surface area contributed by atoms with Crippen LogP contribution in [0.2, 0.25) is 0 Å². The molecule has 1 aliphatic heterocycles. The van der Waals surface area contributed by atoms with Gasteiger partial charge in [-0.25, -0.2) is 0 Å². The van der Waals surface area contributed by atoms with Gasteiger partial charge in [-0.2, -0.15) is 0 Å². The van der Waals surface area contributed by atoms with Crippen LogP contribution in [0.15, 0.2) is 36.8 Å². The fourth-order valence-electron chi connectivity index (χ4n) is 2.93. The van der Waals surface area contributed by atoms with E-state index in [2.05, 4.69) is 17.2 Å². The van der Waals surface area contributed by atoms with Gasteiger partial charge in [-0.15, -0.1) is 0 Å². The Balaban J connectivity index is 1.76. The third-order valence-electron chi connectivity index (χ3n) is 4.12. The number of amides is 1. The van der Waals surface area contributed by atoms with Crippen LogP contribution in [-0.2, 0) is 11.3 Å². The van der Waals surface area contributed by atoms with E-state index in [-0.39, 0.29) is 12.0 Å². The maximum absolute atomic E-state index is 12.5. The molecule has 1 amide bonds. The quantitative estimate of drug-likeness (QED) is 0.892. The number of pyridine rings is 1. The predicted molar refractivity (Wildman–Crippen MR) is 89.3 cm³/mol. The van der Waals surface area contributed by atoms with E-state index in [4.69, 9.17) is 4.74 Å². The van der Waals surface area contributed by atoms with E-state index in [0.29, 0.717) is 12.2 Å². The number of ether oxygens (including phenoxy) is 1. The number of hydrogen-bond donors (Lipinski definition) is 1. The predicted octanol–water partition coefficient (Wildman–Crippen LogP) is 2.87. The summed E-state index contributed by atoms with van der Waals surface area (Å²) < 4.78 is 7.59. The smallest absolute Gasteiger partial charge is 0.268 e. The Kier molecular flexibility index (Phi) is 5.08. The molecule has 1 fully saturated rings. The van der Waals surface area contributed by atoms with Gasteiger partial charge in [0.25, 0.3) is 5.91 Å². The topological polar surface area (TPSA) is 56.2 Å². The summed E-state index contributed by atoms with van der Waals surface area (Å²) in [5, 5.41) is 3.01. The zero-order chi connectivity index (χ0) is 16.1. The summed E-state index contributed by atoms with van der Waals surface area (Å²) in [5.74, 6) is -0.0331. The van der Waals surface area contributed by atoms with Gasteiger partial charge in [-0.05, 0) is 43.0 Å². The van der Waals surface area contributed by atoms with Crippen molar-refractivity contribution in [1.29, 1.82) is 0 Å². The van der Waals surface area contributed by atoms with Crippen molar-refractivity contribution >= 4 is 5.91 Å². The van der Waals surface area contributed by atoms with Gasteiger partial charge >= 0.3 is 0 Å². The Labute approximate surface area is 136 Å². The normalized spacial score (nSPS) is 17.3. The molecule has 0 unspecified atom stereocenters. The molecular weight excluding hydrogens is 290 g/mol. The van der Waals surface area contributed by atoms with Crippen molar-refractivity contribution in [3.05, 3.63) is 42.5 Å². The Morgan fingerprint density at radius 1 is 1.39 bits per heavy atom. The SMILES string of the molecule is CCCn1cc(-c2ccncc2)cc1C(=O)NC[C@H]1CCCO1. The first kappa shape index (κ1) is 15.7. The number of aryl methyl sites for hydroxylation is 1. The van der Waals surface area contributed by atoms with E-state index in [1.54, 1.807) is 12.4 Å². The van der Waals surface area contributed by atoms with E-state index in [1.807, 2.05) is 29.0 Å². The number of carbonyl (C=O) groups excluding carboxylic acids is 1. The molecule has 0 aromatic carbocycles. The lowest BCUT2D eigenvalue weighted by molar-refractivity contribution is 0.0850. The number of carbonyl (C=O) groups is 1.